The molecule has 0 saturated carbocycles. The Balaban J connectivity index is 1.72. The molecule has 7 nitrogen and oxygen atoms in total. The Morgan fingerprint density at radius 2 is 2.24 bits per heavy atom. The van der Waals surface area contributed by atoms with Crippen molar-refractivity contribution in [3.63, 3.8) is 0 Å². The maximum absolute atomic E-state index is 10.4. The highest BCUT2D eigenvalue weighted by atomic mass is 16.5. The summed E-state index contributed by atoms with van der Waals surface area (Å²) in [6.07, 6.45) is 7.88. The van der Waals surface area contributed by atoms with Gasteiger partial charge in [-0.25, -0.2) is 15.2 Å². The van der Waals surface area contributed by atoms with E-state index in [2.05, 4.69) is 15.5 Å². The monoisotopic (exact) mass is 287 g/mol. The second-order valence-corrected chi connectivity index (χ2v) is 4.31. The van der Waals surface area contributed by atoms with Crippen LogP contribution in [0.25, 0.3) is 0 Å². The molecule has 0 unspecified atom stereocenters. The summed E-state index contributed by atoms with van der Waals surface area (Å²) in [5, 5.41) is 3.68. The molecule has 1 aromatic heterocycles. The fraction of sp³-hybridized carbons (Fsp3) is 0.214. The minimum Gasteiger partial charge on any atom is -0.494 e. The number of amides is 2. The topological polar surface area (TPSA) is 94.5 Å². The fourth-order valence-corrected chi connectivity index (χ4v) is 1.68. The molecule has 0 atom stereocenters. The number of carbonyl (C=O) groups excluding carboxylic acids is 1. The number of benzene rings is 1. The molecule has 21 heavy (non-hydrogen) atoms. The van der Waals surface area contributed by atoms with Crippen molar-refractivity contribution in [2.24, 2.45) is 10.8 Å². The molecule has 7 heteroatoms. The van der Waals surface area contributed by atoms with E-state index in [-0.39, 0.29) is 0 Å². The van der Waals surface area contributed by atoms with Crippen LogP contribution in [0.1, 0.15) is 12.0 Å². The molecule has 0 aliphatic rings. The van der Waals surface area contributed by atoms with Crippen LogP contribution < -0.4 is 15.9 Å². The van der Waals surface area contributed by atoms with E-state index in [4.69, 9.17) is 10.5 Å². The molecule has 110 valence electrons. The van der Waals surface area contributed by atoms with E-state index in [0.717, 1.165) is 24.3 Å². The van der Waals surface area contributed by atoms with Crippen LogP contribution in [0.2, 0.25) is 0 Å². The maximum atomic E-state index is 10.4. The Bertz CT molecular complexity index is 578. The standard InChI is InChI=1S/C14H17N5O2/c15-14(20)18-17-10-12-2-4-13(5-3-12)21-9-1-7-19-8-6-16-11-19/h2-6,8,10-11H,1,7,9H2,(H3,15,18,20). The molecule has 0 radical (unpaired) electrons. The predicted octanol–water partition coefficient (Wildman–Crippen LogP) is 1.35. The summed E-state index contributed by atoms with van der Waals surface area (Å²) in [7, 11) is 0. The Morgan fingerprint density at radius 1 is 1.43 bits per heavy atom. The van der Waals surface area contributed by atoms with Gasteiger partial charge >= 0.3 is 6.03 Å². The molecule has 1 aromatic carbocycles. The number of rotatable bonds is 7. The number of nitrogens with zero attached hydrogens (tertiary/aromatic N) is 3. The second-order valence-electron chi connectivity index (χ2n) is 4.31. The molecule has 0 spiro atoms. The summed E-state index contributed by atoms with van der Waals surface area (Å²) < 4.78 is 7.64. The Hall–Kier alpha value is -2.83. The molecule has 0 fully saturated rings. The lowest BCUT2D eigenvalue weighted by Gasteiger charge is -2.06. The van der Waals surface area contributed by atoms with Crippen molar-refractivity contribution in [1.82, 2.24) is 15.0 Å². The summed E-state index contributed by atoms with van der Waals surface area (Å²) in [4.78, 5) is 14.4. The molecule has 0 saturated heterocycles. The Labute approximate surface area is 122 Å². The summed E-state index contributed by atoms with van der Waals surface area (Å²) in [6.45, 7) is 1.51. The van der Waals surface area contributed by atoms with Crippen molar-refractivity contribution in [2.45, 2.75) is 13.0 Å². The van der Waals surface area contributed by atoms with Crippen LogP contribution in [0.4, 0.5) is 4.79 Å². The van der Waals surface area contributed by atoms with Crippen LogP contribution in [0.15, 0.2) is 48.1 Å². The van der Waals surface area contributed by atoms with E-state index >= 15 is 0 Å². The molecule has 0 aliphatic heterocycles. The number of nitrogens with two attached hydrogens (primary N) is 1. The maximum Gasteiger partial charge on any atom is 0.332 e. The SMILES string of the molecule is NC(=O)NN=Cc1ccc(OCCCn2ccnc2)cc1. The summed E-state index contributed by atoms with van der Waals surface area (Å²) >= 11 is 0. The van der Waals surface area contributed by atoms with E-state index < -0.39 is 6.03 Å². The molecule has 2 rings (SSSR count). The normalized spacial score (nSPS) is 10.7. The zero-order valence-corrected chi connectivity index (χ0v) is 11.5. The first-order valence-electron chi connectivity index (χ1n) is 6.51. The van der Waals surface area contributed by atoms with Crippen LogP contribution in [0.3, 0.4) is 0 Å². The summed E-state index contributed by atoms with van der Waals surface area (Å²) in [6, 6.07) is 6.70. The molecular weight excluding hydrogens is 270 g/mol. The number of aromatic nitrogens is 2. The van der Waals surface area contributed by atoms with Gasteiger partial charge in [-0.3, -0.25) is 0 Å². The van der Waals surface area contributed by atoms with Gasteiger partial charge in [0, 0.05) is 18.9 Å². The molecule has 2 aromatic rings. The van der Waals surface area contributed by atoms with Gasteiger partial charge in [-0.15, -0.1) is 0 Å². The number of imidazole rings is 1. The van der Waals surface area contributed by atoms with E-state index in [1.54, 1.807) is 12.5 Å². The zero-order valence-electron chi connectivity index (χ0n) is 11.5. The number of carbonyl (C=O) groups is 1. The van der Waals surface area contributed by atoms with Gasteiger partial charge in [0.25, 0.3) is 0 Å². The Kier molecular flexibility index (Phi) is 5.33. The van der Waals surface area contributed by atoms with E-state index in [9.17, 15) is 4.79 Å². The average molecular weight is 287 g/mol. The zero-order chi connectivity index (χ0) is 14.9. The van der Waals surface area contributed by atoms with Crippen molar-refractivity contribution in [3.8, 4) is 5.75 Å². The molecular formula is C14H17N5O2. The summed E-state index contributed by atoms with van der Waals surface area (Å²) in [5.74, 6) is 0.792. The van der Waals surface area contributed by atoms with Gasteiger partial charge in [0.2, 0.25) is 0 Å². The number of hydrazone groups is 1. The van der Waals surface area contributed by atoms with Crippen molar-refractivity contribution < 1.29 is 9.53 Å². The second kappa shape index (κ2) is 7.68. The molecule has 2 amide bonds. The van der Waals surface area contributed by atoms with Gasteiger partial charge in [-0.05, 0) is 36.2 Å². The molecule has 0 bridgehead atoms. The predicted molar refractivity (Wildman–Crippen MR) is 79.1 cm³/mol. The largest absolute Gasteiger partial charge is 0.494 e. The van der Waals surface area contributed by atoms with E-state index in [0.29, 0.717) is 6.61 Å². The first kappa shape index (κ1) is 14.6. The molecule has 3 N–H and O–H groups in total. The number of aryl methyl sites for hydroxylation is 1. The van der Waals surface area contributed by atoms with Crippen molar-refractivity contribution >= 4 is 12.2 Å². The molecule has 1 heterocycles. The lowest BCUT2D eigenvalue weighted by atomic mass is 10.2. The van der Waals surface area contributed by atoms with E-state index in [1.165, 1.54) is 6.21 Å². The average Bonchev–Trinajstić information content (AvgIpc) is 2.98. The first-order valence-corrected chi connectivity index (χ1v) is 6.51. The van der Waals surface area contributed by atoms with Gasteiger partial charge in [0.05, 0.1) is 19.1 Å². The summed E-state index contributed by atoms with van der Waals surface area (Å²) in [5.41, 5.74) is 7.87. The highest BCUT2D eigenvalue weighted by molar-refractivity contribution is 5.81. The van der Waals surface area contributed by atoms with Crippen LogP contribution in [-0.2, 0) is 6.54 Å². The lowest BCUT2D eigenvalue weighted by Crippen LogP contribution is -2.24. The smallest absolute Gasteiger partial charge is 0.332 e. The number of primary amides is 1. The van der Waals surface area contributed by atoms with Crippen LogP contribution in [0.5, 0.6) is 5.75 Å². The van der Waals surface area contributed by atoms with Crippen LogP contribution >= 0.6 is 0 Å². The van der Waals surface area contributed by atoms with Gasteiger partial charge in [-0.1, -0.05) is 0 Å². The minimum absolute atomic E-state index is 0.634. The Morgan fingerprint density at radius 3 is 2.90 bits per heavy atom. The first-order chi connectivity index (χ1) is 10.2. The number of nitrogens with one attached hydrogen (secondary N) is 1. The van der Waals surface area contributed by atoms with E-state index in [1.807, 2.05) is 35.0 Å². The molecule has 0 aliphatic carbocycles. The van der Waals surface area contributed by atoms with Gasteiger partial charge in [0.15, 0.2) is 0 Å². The van der Waals surface area contributed by atoms with Crippen LogP contribution in [0, 0.1) is 0 Å². The highest BCUT2D eigenvalue weighted by Crippen LogP contribution is 2.11. The fourth-order valence-electron chi connectivity index (χ4n) is 1.68. The van der Waals surface area contributed by atoms with Crippen molar-refractivity contribution in [1.29, 1.82) is 0 Å². The lowest BCUT2D eigenvalue weighted by molar-refractivity contribution is 0.249. The van der Waals surface area contributed by atoms with Gasteiger partial charge < -0.3 is 15.0 Å². The van der Waals surface area contributed by atoms with Gasteiger partial charge in [-0.2, -0.15) is 5.10 Å². The van der Waals surface area contributed by atoms with Crippen molar-refractivity contribution in [3.05, 3.63) is 48.5 Å². The number of hydrogen-bond donors (Lipinski definition) is 2. The van der Waals surface area contributed by atoms with Crippen molar-refractivity contribution in [2.75, 3.05) is 6.61 Å². The highest BCUT2D eigenvalue weighted by Gasteiger charge is 1.95. The third-order valence-electron chi connectivity index (χ3n) is 2.66. The van der Waals surface area contributed by atoms with Gasteiger partial charge in [0.1, 0.15) is 5.75 Å². The number of ether oxygens (including phenoxy) is 1. The third-order valence-corrected chi connectivity index (χ3v) is 2.66. The third kappa shape index (κ3) is 5.35. The minimum atomic E-state index is -0.691. The number of urea groups is 1. The number of hydrogen-bond acceptors (Lipinski definition) is 4. The quantitative estimate of drug-likeness (QED) is 0.457. The van der Waals surface area contributed by atoms with Crippen LogP contribution in [-0.4, -0.2) is 28.4 Å².